The first-order valence-corrected chi connectivity index (χ1v) is 3.00. The van der Waals surface area contributed by atoms with E-state index >= 15 is 0 Å². The molecule has 0 fully saturated rings. The van der Waals surface area contributed by atoms with E-state index in [4.69, 9.17) is 10.2 Å². The van der Waals surface area contributed by atoms with Crippen LogP contribution in [0.2, 0.25) is 0 Å². The van der Waals surface area contributed by atoms with Crippen LogP contribution in [-0.2, 0) is 9.26 Å². The molecule has 0 spiro atoms. The lowest BCUT2D eigenvalue weighted by atomic mass is 10.4. The van der Waals surface area contributed by atoms with Gasteiger partial charge in [-0.2, -0.15) is 0 Å². The summed E-state index contributed by atoms with van der Waals surface area (Å²) >= 11 is 0. The predicted octanol–water partition coefficient (Wildman–Crippen LogP) is -0.717. The fourth-order valence-corrected chi connectivity index (χ4v) is 0.319. The van der Waals surface area contributed by atoms with Gasteiger partial charge in [-0.1, -0.05) is 0 Å². The van der Waals surface area contributed by atoms with E-state index in [-0.39, 0.29) is 6.61 Å². The number of aliphatic hydroxyl groups excluding tert-OH is 2. The Hall–Kier alpha value is -0.380. The standard InChI is InChI=1S/C4H9O5P/c5-1-3(6)2-8-4(7)9-10/h3,5-6H,1-2,10H2. The van der Waals surface area contributed by atoms with Crippen molar-refractivity contribution in [2.75, 3.05) is 13.2 Å². The Morgan fingerprint density at radius 2 is 2.30 bits per heavy atom. The van der Waals surface area contributed by atoms with Gasteiger partial charge in [-0.25, -0.2) is 4.79 Å². The third kappa shape index (κ3) is 4.49. The van der Waals surface area contributed by atoms with E-state index < -0.39 is 18.9 Å². The van der Waals surface area contributed by atoms with Gasteiger partial charge in [0.15, 0.2) is 0 Å². The van der Waals surface area contributed by atoms with Crippen LogP contribution in [0.3, 0.4) is 0 Å². The molecule has 0 radical (unpaired) electrons. The van der Waals surface area contributed by atoms with E-state index in [1.807, 2.05) is 0 Å². The lowest BCUT2D eigenvalue weighted by Gasteiger charge is -2.05. The van der Waals surface area contributed by atoms with Gasteiger partial charge in [0.1, 0.15) is 12.7 Å². The fourth-order valence-electron chi connectivity index (χ4n) is 0.251. The van der Waals surface area contributed by atoms with Gasteiger partial charge in [0, 0.05) is 0 Å². The molecule has 0 heterocycles. The number of hydrogen-bond donors (Lipinski definition) is 2. The molecule has 60 valence electrons. The smallest absolute Gasteiger partial charge is 0.431 e. The van der Waals surface area contributed by atoms with Gasteiger partial charge in [0.25, 0.3) is 0 Å². The molecule has 2 N–H and O–H groups in total. The van der Waals surface area contributed by atoms with Crippen LogP contribution in [0.15, 0.2) is 0 Å². The largest absolute Gasteiger partial charge is 0.510 e. The molecule has 0 aromatic rings. The molecule has 0 aromatic carbocycles. The second-order valence-corrected chi connectivity index (χ2v) is 1.75. The molecule has 2 atom stereocenters. The third-order valence-corrected chi connectivity index (χ3v) is 0.893. The Morgan fingerprint density at radius 1 is 1.70 bits per heavy atom. The second kappa shape index (κ2) is 5.41. The Labute approximate surface area is 60.2 Å². The molecule has 0 aliphatic carbocycles. The Bertz CT molecular complexity index is 106. The van der Waals surface area contributed by atoms with Crippen LogP contribution in [0.25, 0.3) is 0 Å². The van der Waals surface area contributed by atoms with Crippen molar-refractivity contribution >= 4 is 15.6 Å². The highest BCUT2D eigenvalue weighted by Gasteiger charge is 2.05. The second-order valence-electron chi connectivity index (χ2n) is 1.52. The Kier molecular flexibility index (Phi) is 5.20. The van der Waals surface area contributed by atoms with Crippen molar-refractivity contribution in [2.45, 2.75) is 6.10 Å². The first kappa shape index (κ1) is 9.62. The summed E-state index contributed by atoms with van der Waals surface area (Å²) in [5.74, 6) is 0. The lowest BCUT2D eigenvalue weighted by molar-refractivity contribution is 0.0196. The number of aliphatic hydroxyl groups is 2. The van der Waals surface area contributed by atoms with Crippen LogP contribution in [0.5, 0.6) is 0 Å². The van der Waals surface area contributed by atoms with Crippen LogP contribution in [0.4, 0.5) is 4.79 Å². The van der Waals surface area contributed by atoms with Crippen LogP contribution in [-0.4, -0.2) is 35.7 Å². The van der Waals surface area contributed by atoms with Crippen molar-refractivity contribution in [2.24, 2.45) is 0 Å². The Morgan fingerprint density at radius 3 is 2.70 bits per heavy atom. The van der Waals surface area contributed by atoms with E-state index in [9.17, 15) is 4.79 Å². The molecule has 6 heteroatoms. The summed E-state index contributed by atoms with van der Waals surface area (Å²) in [6.45, 7) is -0.701. The van der Waals surface area contributed by atoms with Crippen LogP contribution >= 0.6 is 9.47 Å². The highest BCUT2D eigenvalue weighted by atomic mass is 31.0. The molecule has 0 bridgehead atoms. The van der Waals surface area contributed by atoms with Crippen LogP contribution in [0, 0.1) is 0 Å². The van der Waals surface area contributed by atoms with Crippen molar-refractivity contribution in [3.8, 4) is 0 Å². The molecular weight excluding hydrogens is 159 g/mol. The normalized spacial score (nSPS) is 12.3. The van der Waals surface area contributed by atoms with Crippen molar-refractivity contribution in [1.29, 1.82) is 0 Å². The van der Waals surface area contributed by atoms with Gasteiger partial charge in [0.2, 0.25) is 0 Å². The summed E-state index contributed by atoms with van der Waals surface area (Å²) in [5, 5.41) is 16.8. The number of rotatable bonds is 3. The summed E-state index contributed by atoms with van der Waals surface area (Å²) in [7, 11) is 1.70. The predicted molar refractivity (Wildman–Crippen MR) is 35.2 cm³/mol. The zero-order chi connectivity index (χ0) is 7.98. The minimum absolute atomic E-state index is 0.260. The molecule has 0 rings (SSSR count). The number of ether oxygens (including phenoxy) is 1. The highest BCUT2D eigenvalue weighted by Crippen LogP contribution is 1.92. The highest BCUT2D eigenvalue weighted by molar-refractivity contribution is 7.10. The zero-order valence-corrected chi connectivity index (χ0v) is 6.34. The van der Waals surface area contributed by atoms with Gasteiger partial charge in [-0.15, -0.1) is 0 Å². The van der Waals surface area contributed by atoms with Gasteiger partial charge in [0.05, 0.1) is 16.1 Å². The molecule has 10 heavy (non-hydrogen) atoms. The van der Waals surface area contributed by atoms with E-state index in [1.54, 1.807) is 9.47 Å². The molecule has 0 saturated carbocycles. The molecule has 0 saturated heterocycles. The fraction of sp³-hybridized carbons (Fsp3) is 0.750. The first-order chi connectivity index (χ1) is 4.70. The van der Waals surface area contributed by atoms with Crippen molar-refractivity contribution in [3.05, 3.63) is 0 Å². The average molecular weight is 168 g/mol. The van der Waals surface area contributed by atoms with Gasteiger partial charge in [-0.3, -0.25) is 0 Å². The van der Waals surface area contributed by atoms with Gasteiger partial charge < -0.3 is 19.5 Å². The van der Waals surface area contributed by atoms with E-state index in [1.165, 1.54) is 0 Å². The van der Waals surface area contributed by atoms with Crippen molar-refractivity contribution in [1.82, 2.24) is 0 Å². The van der Waals surface area contributed by atoms with E-state index in [0.717, 1.165) is 0 Å². The molecular formula is C4H9O5P. The number of carbonyl (C=O) groups excluding carboxylic acids is 1. The first-order valence-electron chi connectivity index (χ1n) is 2.53. The molecule has 0 aromatic heterocycles. The van der Waals surface area contributed by atoms with Crippen LogP contribution in [0.1, 0.15) is 0 Å². The molecule has 0 aliphatic heterocycles. The van der Waals surface area contributed by atoms with Gasteiger partial charge >= 0.3 is 6.16 Å². The van der Waals surface area contributed by atoms with Gasteiger partial charge in [-0.05, 0) is 0 Å². The summed E-state index contributed by atoms with van der Waals surface area (Å²) in [6, 6.07) is 0. The van der Waals surface area contributed by atoms with Crippen LogP contribution < -0.4 is 0 Å². The minimum atomic E-state index is -1.04. The summed E-state index contributed by atoms with van der Waals surface area (Å²) in [5.41, 5.74) is 0. The third-order valence-electron chi connectivity index (χ3n) is 0.701. The zero-order valence-electron chi connectivity index (χ0n) is 5.19. The summed E-state index contributed by atoms with van der Waals surface area (Å²) in [6.07, 6.45) is -1.94. The Balaban J connectivity index is 3.26. The quantitative estimate of drug-likeness (QED) is 0.429. The lowest BCUT2D eigenvalue weighted by Crippen LogP contribution is -2.21. The number of carbonyl (C=O) groups is 1. The molecule has 0 aliphatic rings. The van der Waals surface area contributed by atoms with E-state index in [2.05, 4.69) is 9.26 Å². The topological polar surface area (TPSA) is 76.0 Å². The summed E-state index contributed by atoms with van der Waals surface area (Å²) < 4.78 is 8.26. The average Bonchev–Trinajstić information content (AvgIpc) is 1.99. The number of hydrogen-bond acceptors (Lipinski definition) is 5. The molecule has 5 nitrogen and oxygen atoms in total. The maximum absolute atomic E-state index is 10.2. The van der Waals surface area contributed by atoms with Crippen molar-refractivity contribution in [3.63, 3.8) is 0 Å². The maximum Gasteiger partial charge on any atom is 0.510 e. The maximum atomic E-state index is 10.2. The molecule has 2 unspecified atom stereocenters. The monoisotopic (exact) mass is 168 g/mol. The minimum Gasteiger partial charge on any atom is -0.431 e. The van der Waals surface area contributed by atoms with E-state index in [0.29, 0.717) is 0 Å². The van der Waals surface area contributed by atoms with Crippen molar-refractivity contribution < 1.29 is 24.3 Å². The summed E-state index contributed by atoms with van der Waals surface area (Å²) in [4.78, 5) is 10.2. The molecule has 0 amide bonds. The SMILES string of the molecule is O=C(OP)OCC(O)CO.